The van der Waals surface area contributed by atoms with Crippen LogP contribution in [0.2, 0.25) is 0 Å². The lowest BCUT2D eigenvalue weighted by Crippen LogP contribution is -2.34. The maximum Gasteiger partial charge on any atom is 0.151 e. The van der Waals surface area contributed by atoms with E-state index in [1.807, 2.05) is 13.8 Å². The first-order valence-corrected chi connectivity index (χ1v) is 11.7. The van der Waals surface area contributed by atoms with Gasteiger partial charge in [0.05, 0.1) is 0 Å². The van der Waals surface area contributed by atoms with Crippen LogP contribution < -0.4 is 0 Å². The van der Waals surface area contributed by atoms with Gasteiger partial charge in [-0.3, -0.25) is 14.5 Å². The standard InChI is InChI=1S/C28H35NO2/c1-18-6-5-7-23(14-18)17-29-10-8-22(9-11-29)15-24-16-25(30)27(28(24)31)26-20(3)12-19(2)13-21(26)4/h5-7,12-14,22,24,27H,8-11,15-17H2,1-4H3. The Balaban J connectivity index is 1.36. The topological polar surface area (TPSA) is 37.4 Å². The SMILES string of the molecule is Cc1cccc(CN2CCC(CC3CC(=O)C(c4c(C)cc(C)cc4C)C3=O)CC2)c1. The molecule has 2 unspecified atom stereocenters. The van der Waals surface area contributed by atoms with E-state index in [2.05, 4.69) is 55.1 Å². The lowest BCUT2D eigenvalue weighted by Gasteiger charge is -2.33. The number of hydrogen-bond donors (Lipinski definition) is 0. The van der Waals surface area contributed by atoms with Crippen LogP contribution in [0, 0.1) is 39.5 Å². The molecule has 2 aromatic carbocycles. The number of carbonyl (C=O) groups is 2. The van der Waals surface area contributed by atoms with Crippen molar-refractivity contribution in [3.05, 3.63) is 69.8 Å². The van der Waals surface area contributed by atoms with Crippen LogP contribution >= 0.6 is 0 Å². The lowest BCUT2D eigenvalue weighted by molar-refractivity contribution is -0.125. The number of nitrogens with zero attached hydrogens (tertiary/aromatic N) is 1. The van der Waals surface area contributed by atoms with E-state index in [1.165, 1.54) is 16.7 Å². The van der Waals surface area contributed by atoms with Gasteiger partial charge in [0.15, 0.2) is 5.78 Å². The summed E-state index contributed by atoms with van der Waals surface area (Å²) < 4.78 is 0. The molecule has 1 heterocycles. The van der Waals surface area contributed by atoms with Crippen LogP contribution in [-0.4, -0.2) is 29.6 Å². The van der Waals surface area contributed by atoms with Crippen molar-refractivity contribution in [2.75, 3.05) is 13.1 Å². The van der Waals surface area contributed by atoms with Crippen molar-refractivity contribution < 1.29 is 9.59 Å². The Bertz CT molecular complexity index is 961. The molecule has 2 aromatic rings. The van der Waals surface area contributed by atoms with Crippen LogP contribution in [0.4, 0.5) is 0 Å². The van der Waals surface area contributed by atoms with Gasteiger partial charge in [-0.2, -0.15) is 0 Å². The van der Waals surface area contributed by atoms with Crippen LogP contribution in [-0.2, 0) is 16.1 Å². The summed E-state index contributed by atoms with van der Waals surface area (Å²) in [5.41, 5.74) is 7.00. The second-order valence-electron chi connectivity index (χ2n) is 9.96. The minimum Gasteiger partial charge on any atom is -0.299 e. The van der Waals surface area contributed by atoms with Crippen LogP contribution in [0.5, 0.6) is 0 Å². The highest BCUT2D eigenvalue weighted by Crippen LogP contribution is 2.40. The van der Waals surface area contributed by atoms with Crippen molar-refractivity contribution in [1.29, 1.82) is 0 Å². The summed E-state index contributed by atoms with van der Waals surface area (Å²) in [6, 6.07) is 12.9. The molecule has 1 saturated heterocycles. The number of ketones is 2. The summed E-state index contributed by atoms with van der Waals surface area (Å²) in [6.45, 7) is 11.4. The van der Waals surface area contributed by atoms with Crippen LogP contribution in [0.1, 0.15) is 65.0 Å². The summed E-state index contributed by atoms with van der Waals surface area (Å²) in [7, 11) is 0. The molecule has 31 heavy (non-hydrogen) atoms. The predicted octanol–water partition coefficient (Wildman–Crippen LogP) is 5.46. The van der Waals surface area contributed by atoms with Gasteiger partial charge in [-0.05, 0) is 88.2 Å². The second-order valence-corrected chi connectivity index (χ2v) is 9.96. The van der Waals surface area contributed by atoms with E-state index in [-0.39, 0.29) is 17.5 Å². The first-order chi connectivity index (χ1) is 14.8. The number of hydrogen-bond acceptors (Lipinski definition) is 3. The molecule has 0 bridgehead atoms. The van der Waals surface area contributed by atoms with Gasteiger partial charge in [0.2, 0.25) is 0 Å². The predicted molar refractivity (Wildman–Crippen MR) is 125 cm³/mol. The highest BCUT2D eigenvalue weighted by atomic mass is 16.2. The van der Waals surface area contributed by atoms with Crippen LogP contribution in [0.15, 0.2) is 36.4 Å². The summed E-state index contributed by atoms with van der Waals surface area (Å²) >= 11 is 0. The third-order valence-corrected chi connectivity index (χ3v) is 7.30. The Morgan fingerprint density at radius 1 is 0.903 bits per heavy atom. The van der Waals surface area contributed by atoms with Gasteiger partial charge >= 0.3 is 0 Å². The fourth-order valence-electron chi connectivity index (χ4n) is 5.86. The van der Waals surface area contributed by atoms with Crippen LogP contribution in [0.25, 0.3) is 0 Å². The minimum absolute atomic E-state index is 0.0917. The molecule has 3 nitrogen and oxygen atoms in total. The van der Waals surface area contributed by atoms with E-state index >= 15 is 0 Å². The first-order valence-electron chi connectivity index (χ1n) is 11.7. The van der Waals surface area contributed by atoms with Gasteiger partial charge in [0.25, 0.3) is 0 Å². The molecule has 0 spiro atoms. The van der Waals surface area contributed by atoms with E-state index in [4.69, 9.17) is 0 Å². The summed E-state index contributed by atoms with van der Waals surface area (Å²) in [6.07, 6.45) is 3.55. The molecule has 0 N–H and O–H groups in total. The van der Waals surface area contributed by atoms with Gasteiger partial charge in [-0.15, -0.1) is 0 Å². The maximum atomic E-state index is 13.3. The van der Waals surface area contributed by atoms with Crippen molar-refractivity contribution in [3.63, 3.8) is 0 Å². The largest absolute Gasteiger partial charge is 0.299 e. The average molecular weight is 418 g/mol. The number of carbonyl (C=O) groups excluding carboxylic acids is 2. The number of rotatable bonds is 5. The highest BCUT2D eigenvalue weighted by molar-refractivity contribution is 6.15. The Hall–Kier alpha value is -2.26. The van der Waals surface area contributed by atoms with E-state index < -0.39 is 5.92 Å². The molecule has 3 heteroatoms. The molecule has 2 atom stereocenters. The second kappa shape index (κ2) is 9.08. The third-order valence-electron chi connectivity index (χ3n) is 7.30. The number of aryl methyl sites for hydroxylation is 4. The number of benzene rings is 2. The molecule has 1 aliphatic heterocycles. The molecule has 4 rings (SSSR count). The number of piperidine rings is 1. The Morgan fingerprint density at radius 3 is 2.23 bits per heavy atom. The lowest BCUT2D eigenvalue weighted by atomic mass is 9.83. The average Bonchev–Trinajstić information content (AvgIpc) is 2.97. The quantitative estimate of drug-likeness (QED) is 0.606. The van der Waals surface area contributed by atoms with Gasteiger partial charge < -0.3 is 0 Å². The molecule has 1 aliphatic carbocycles. The molecular formula is C28H35NO2. The smallest absolute Gasteiger partial charge is 0.151 e. The van der Waals surface area contributed by atoms with Gasteiger partial charge in [-0.1, -0.05) is 47.5 Å². The van der Waals surface area contributed by atoms with E-state index in [1.54, 1.807) is 0 Å². The van der Waals surface area contributed by atoms with Crippen LogP contribution in [0.3, 0.4) is 0 Å². The van der Waals surface area contributed by atoms with Crippen molar-refractivity contribution in [2.45, 2.75) is 65.8 Å². The fourth-order valence-corrected chi connectivity index (χ4v) is 5.86. The number of likely N-dealkylation sites (tertiary alicyclic amines) is 1. The van der Waals surface area contributed by atoms with Gasteiger partial charge in [-0.25, -0.2) is 0 Å². The van der Waals surface area contributed by atoms with Crippen molar-refractivity contribution in [2.24, 2.45) is 11.8 Å². The maximum absolute atomic E-state index is 13.3. The normalized spacial score (nSPS) is 23.0. The van der Waals surface area contributed by atoms with E-state index in [0.717, 1.165) is 55.6 Å². The number of Topliss-reactive ketones (excluding diaryl/α,β-unsaturated/α-hetero) is 2. The van der Waals surface area contributed by atoms with Gasteiger partial charge in [0.1, 0.15) is 11.7 Å². The van der Waals surface area contributed by atoms with Crippen molar-refractivity contribution in [3.8, 4) is 0 Å². The zero-order chi connectivity index (χ0) is 22.1. The van der Waals surface area contributed by atoms with E-state index in [9.17, 15) is 9.59 Å². The molecule has 0 radical (unpaired) electrons. The molecule has 2 aliphatic rings. The molecular weight excluding hydrogens is 382 g/mol. The molecule has 0 aromatic heterocycles. The fraction of sp³-hybridized carbons (Fsp3) is 0.500. The summed E-state index contributed by atoms with van der Waals surface area (Å²) in [4.78, 5) is 28.7. The van der Waals surface area contributed by atoms with E-state index in [0.29, 0.717) is 12.3 Å². The zero-order valence-electron chi connectivity index (χ0n) is 19.4. The van der Waals surface area contributed by atoms with Crippen molar-refractivity contribution >= 4 is 11.6 Å². The minimum atomic E-state index is -0.535. The Kier molecular flexibility index (Phi) is 6.43. The zero-order valence-corrected chi connectivity index (χ0v) is 19.4. The molecule has 1 saturated carbocycles. The third kappa shape index (κ3) is 4.82. The monoisotopic (exact) mass is 417 g/mol. The van der Waals surface area contributed by atoms with Crippen molar-refractivity contribution in [1.82, 2.24) is 4.90 Å². The first kappa shape index (κ1) is 22.0. The summed E-state index contributed by atoms with van der Waals surface area (Å²) in [5.74, 6) is 0.219. The Morgan fingerprint density at radius 2 is 1.58 bits per heavy atom. The molecule has 164 valence electrons. The Labute approximate surface area is 186 Å². The summed E-state index contributed by atoms with van der Waals surface area (Å²) in [5, 5.41) is 0. The molecule has 0 amide bonds. The van der Waals surface area contributed by atoms with Gasteiger partial charge in [0, 0.05) is 18.9 Å². The molecule has 2 fully saturated rings. The highest BCUT2D eigenvalue weighted by Gasteiger charge is 2.43.